The number of carbonyl (C=O) groups excluding carboxylic acids is 1. The number of sulfonamides is 1. The van der Waals surface area contributed by atoms with Gasteiger partial charge in [-0.3, -0.25) is 4.79 Å². The van der Waals surface area contributed by atoms with Gasteiger partial charge in [-0.15, -0.1) is 0 Å². The monoisotopic (exact) mass is 536 g/mol. The van der Waals surface area contributed by atoms with Gasteiger partial charge in [0.2, 0.25) is 10.0 Å². The first-order valence-corrected chi connectivity index (χ1v) is 13.3. The van der Waals surface area contributed by atoms with E-state index in [4.69, 9.17) is 21.1 Å². The Kier molecular flexibility index (Phi) is 8.79. The minimum absolute atomic E-state index is 0.110. The lowest BCUT2D eigenvalue weighted by Crippen LogP contribution is -2.26. The van der Waals surface area contributed by atoms with Gasteiger partial charge in [-0.25, -0.2) is 13.1 Å². The molecule has 0 saturated carbocycles. The number of anilines is 1. The van der Waals surface area contributed by atoms with Crippen LogP contribution in [0.5, 0.6) is 17.2 Å². The number of ether oxygens (including phenoxy) is 2. The van der Waals surface area contributed by atoms with E-state index in [1.54, 1.807) is 30.3 Å². The molecule has 0 fully saturated rings. The molecule has 4 rings (SSSR count). The van der Waals surface area contributed by atoms with Crippen molar-refractivity contribution in [3.8, 4) is 17.2 Å². The van der Waals surface area contributed by atoms with E-state index in [1.807, 2.05) is 48.5 Å². The fourth-order valence-corrected chi connectivity index (χ4v) is 4.62. The lowest BCUT2D eigenvalue weighted by atomic mass is 10.2. The number of rotatable bonds is 11. The average molecular weight is 537 g/mol. The zero-order valence-corrected chi connectivity index (χ0v) is 21.3. The van der Waals surface area contributed by atoms with Gasteiger partial charge in [0.25, 0.3) is 5.91 Å². The maximum Gasteiger partial charge on any atom is 0.262 e. The van der Waals surface area contributed by atoms with E-state index < -0.39 is 15.9 Å². The Morgan fingerprint density at radius 1 is 0.811 bits per heavy atom. The van der Waals surface area contributed by atoms with Crippen molar-refractivity contribution in [2.24, 2.45) is 0 Å². The van der Waals surface area contributed by atoms with E-state index in [0.717, 1.165) is 5.56 Å². The van der Waals surface area contributed by atoms with Crippen LogP contribution < -0.4 is 19.5 Å². The first-order chi connectivity index (χ1) is 17.9. The highest BCUT2D eigenvalue weighted by molar-refractivity contribution is 7.89. The molecular weight excluding hydrogens is 512 g/mol. The largest absolute Gasteiger partial charge is 0.484 e. The van der Waals surface area contributed by atoms with E-state index in [0.29, 0.717) is 34.4 Å². The van der Waals surface area contributed by atoms with Gasteiger partial charge in [-0.2, -0.15) is 0 Å². The molecule has 4 aromatic carbocycles. The molecular formula is C28H25ClN2O5S. The molecule has 9 heteroatoms. The van der Waals surface area contributed by atoms with Crippen molar-refractivity contribution < 1.29 is 22.7 Å². The van der Waals surface area contributed by atoms with Crippen molar-refractivity contribution in [3.63, 3.8) is 0 Å². The topological polar surface area (TPSA) is 93.7 Å². The smallest absolute Gasteiger partial charge is 0.262 e. The lowest BCUT2D eigenvalue weighted by molar-refractivity contribution is -0.118. The zero-order valence-electron chi connectivity index (χ0n) is 19.8. The third kappa shape index (κ3) is 7.82. The fourth-order valence-electron chi connectivity index (χ4n) is 3.41. The summed E-state index contributed by atoms with van der Waals surface area (Å²) in [5.41, 5.74) is 1.44. The number of para-hydroxylation sites is 1. The predicted octanol–water partition coefficient (Wildman–Crippen LogP) is 5.67. The molecule has 0 aromatic heterocycles. The first-order valence-electron chi connectivity index (χ1n) is 11.5. The van der Waals surface area contributed by atoms with Crippen molar-refractivity contribution in [1.82, 2.24) is 4.72 Å². The minimum atomic E-state index is -3.67. The normalized spacial score (nSPS) is 11.1. The summed E-state index contributed by atoms with van der Waals surface area (Å²) in [7, 11) is -3.67. The van der Waals surface area contributed by atoms with E-state index in [1.165, 1.54) is 24.3 Å². The summed E-state index contributed by atoms with van der Waals surface area (Å²) < 4.78 is 39.1. The second-order valence-electron chi connectivity index (χ2n) is 8.00. The summed E-state index contributed by atoms with van der Waals surface area (Å²) in [5.74, 6) is 0.962. The molecule has 0 radical (unpaired) electrons. The van der Waals surface area contributed by atoms with Gasteiger partial charge in [-0.05, 0) is 66.6 Å². The number of halogens is 1. The molecule has 0 saturated heterocycles. The third-order valence-corrected chi connectivity index (χ3v) is 6.95. The molecule has 4 aromatic rings. The summed E-state index contributed by atoms with van der Waals surface area (Å²) >= 11 is 6.10. The number of amides is 1. The summed E-state index contributed by atoms with van der Waals surface area (Å²) in [6.07, 6.45) is 0.584. The van der Waals surface area contributed by atoms with Crippen LogP contribution >= 0.6 is 11.6 Å². The minimum Gasteiger partial charge on any atom is -0.484 e. The molecule has 0 atom stereocenters. The molecule has 0 aliphatic rings. The number of carbonyl (C=O) groups is 1. The number of benzene rings is 4. The molecule has 0 aliphatic carbocycles. The molecule has 0 heterocycles. The molecule has 1 amide bonds. The molecule has 190 valence electrons. The maximum absolute atomic E-state index is 12.6. The van der Waals surface area contributed by atoms with Crippen molar-refractivity contribution in [2.45, 2.75) is 11.3 Å². The van der Waals surface area contributed by atoms with Gasteiger partial charge in [-0.1, -0.05) is 60.1 Å². The quantitative estimate of drug-likeness (QED) is 0.257. The standard InChI is InChI=1S/C28H25ClN2O5S/c29-22-11-16-27(36-24-9-5-2-6-10-24)26(19-22)31-28(32)20-35-23-12-14-25(15-13-23)37(33,34)30-18-17-21-7-3-1-4-8-21/h1-16,19,30H,17-18,20H2,(H,31,32). The second-order valence-corrected chi connectivity index (χ2v) is 10.2. The first kappa shape index (κ1) is 26.2. The van der Waals surface area contributed by atoms with E-state index >= 15 is 0 Å². The van der Waals surface area contributed by atoms with E-state index in [9.17, 15) is 13.2 Å². The van der Waals surface area contributed by atoms with Crippen LogP contribution in [0.15, 0.2) is 108 Å². The Labute approximate surface area is 221 Å². The highest BCUT2D eigenvalue weighted by Crippen LogP contribution is 2.32. The van der Waals surface area contributed by atoms with Crippen molar-refractivity contribution in [1.29, 1.82) is 0 Å². The number of hydrogen-bond donors (Lipinski definition) is 2. The number of nitrogens with one attached hydrogen (secondary N) is 2. The highest BCUT2D eigenvalue weighted by Gasteiger charge is 2.14. The van der Waals surface area contributed by atoms with Crippen LogP contribution in [-0.4, -0.2) is 27.5 Å². The van der Waals surface area contributed by atoms with Crippen molar-refractivity contribution >= 4 is 33.2 Å². The summed E-state index contributed by atoms with van der Waals surface area (Å²) in [5, 5.41) is 3.17. The van der Waals surface area contributed by atoms with E-state index in [2.05, 4.69) is 10.0 Å². The average Bonchev–Trinajstić information content (AvgIpc) is 2.90. The van der Waals surface area contributed by atoms with Gasteiger partial charge in [0.1, 0.15) is 11.5 Å². The van der Waals surface area contributed by atoms with Crippen LogP contribution in [-0.2, 0) is 21.2 Å². The van der Waals surface area contributed by atoms with Gasteiger partial charge < -0.3 is 14.8 Å². The van der Waals surface area contributed by atoms with Gasteiger partial charge in [0, 0.05) is 11.6 Å². The summed E-state index contributed by atoms with van der Waals surface area (Å²) in [4.78, 5) is 12.6. The maximum atomic E-state index is 12.6. The number of hydrogen-bond acceptors (Lipinski definition) is 5. The van der Waals surface area contributed by atoms with Crippen LogP contribution in [0.2, 0.25) is 5.02 Å². The Bertz CT molecular complexity index is 1430. The zero-order chi connectivity index (χ0) is 26.1. The Hall–Kier alpha value is -3.85. The molecule has 0 bridgehead atoms. The molecule has 0 aliphatic heterocycles. The highest BCUT2D eigenvalue weighted by atomic mass is 35.5. The Balaban J connectivity index is 1.30. The van der Waals surface area contributed by atoms with Crippen LogP contribution in [0.25, 0.3) is 0 Å². The lowest BCUT2D eigenvalue weighted by Gasteiger charge is -2.13. The fraction of sp³-hybridized carbons (Fsp3) is 0.107. The molecule has 37 heavy (non-hydrogen) atoms. The van der Waals surface area contributed by atoms with Gasteiger partial charge in [0.05, 0.1) is 10.6 Å². The second kappa shape index (κ2) is 12.4. The van der Waals surface area contributed by atoms with Crippen LogP contribution in [0.4, 0.5) is 5.69 Å². The van der Waals surface area contributed by atoms with Crippen molar-refractivity contribution in [2.75, 3.05) is 18.5 Å². The van der Waals surface area contributed by atoms with Gasteiger partial charge >= 0.3 is 0 Å². The van der Waals surface area contributed by atoms with Crippen LogP contribution in [0, 0.1) is 0 Å². The van der Waals surface area contributed by atoms with E-state index in [-0.39, 0.29) is 18.0 Å². The molecule has 0 unspecified atom stereocenters. The van der Waals surface area contributed by atoms with Crippen LogP contribution in [0.1, 0.15) is 5.56 Å². The Morgan fingerprint density at radius 3 is 2.19 bits per heavy atom. The summed E-state index contributed by atoms with van der Waals surface area (Å²) in [6, 6.07) is 29.6. The summed E-state index contributed by atoms with van der Waals surface area (Å²) in [6.45, 7) is -0.0110. The molecule has 0 spiro atoms. The Morgan fingerprint density at radius 2 is 1.49 bits per heavy atom. The SMILES string of the molecule is O=C(COc1ccc(S(=O)(=O)NCCc2ccccc2)cc1)Nc1cc(Cl)ccc1Oc1ccccc1. The van der Waals surface area contributed by atoms with Crippen molar-refractivity contribution in [3.05, 3.63) is 114 Å². The van der Waals surface area contributed by atoms with Gasteiger partial charge in [0.15, 0.2) is 12.4 Å². The predicted molar refractivity (Wildman–Crippen MR) is 144 cm³/mol. The van der Waals surface area contributed by atoms with Crippen LogP contribution in [0.3, 0.4) is 0 Å². The molecule has 7 nitrogen and oxygen atoms in total. The molecule has 2 N–H and O–H groups in total. The third-order valence-electron chi connectivity index (χ3n) is 5.24.